The van der Waals surface area contributed by atoms with Crippen molar-refractivity contribution in [3.63, 3.8) is 0 Å². The van der Waals surface area contributed by atoms with Crippen molar-refractivity contribution in [2.24, 2.45) is 7.05 Å². The molecule has 1 rings (SSSR count). The van der Waals surface area contributed by atoms with Gasteiger partial charge in [0.05, 0.1) is 13.6 Å². The molecule has 0 fully saturated rings. The van der Waals surface area contributed by atoms with Crippen molar-refractivity contribution in [3.8, 4) is 0 Å². The molecule has 0 saturated carbocycles. The van der Waals surface area contributed by atoms with E-state index in [4.69, 9.17) is 0 Å². The molecule has 1 aromatic rings. The van der Waals surface area contributed by atoms with E-state index in [1.807, 2.05) is 0 Å². The summed E-state index contributed by atoms with van der Waals surface area (Å²) >= 11 is 0. The summed E-state index contributed by atoms with van der Waals surface area (Å²) < 4.78 is 4.53. The fourth-order valence-corrected chi connectivity index (χ4v) is 1.75. The summed E-state index contributed by atoms with van der Waals surface area (Å²) in [5, 5.41) is 0. The van der Waals surface area contributed by atoms with Crippen molar-refractivity contribution in [3.05, 3.63) is 18.2 Å². The average Bonchev–Trinajstić information content (AvgIpc) is 2.42. The van der Waals surface area contributed by atoms with Gasteiger partial charge in [0, 0.05) is 5.41 Å². The normalized spacial score (nSPS) is 12.1. The Balaban J connectivity index is 2.83. The zero-order valence-electron chi connectivity index (χ0n) is 10.2. The minimum Gasteiger partial charge on any atom is -0.237 e. The van der Waals surface area contributed by atoms with Gasteiger partial charge < -0.3 is 0 Å². The standard InChI is InChI=1S/C12H23N2/c1-6-7-8-14-9-11(12(2,3)4)13(5)10-14/h9-10H,6-8H2,1-5H3/q+1. The maximum Gasteiger partial charge on any atom is 0.243 e. The van der Waals surface area contributed by atoms with Crippen LogP contribution in [0.25, 0.3) is 0 Å². The largest absolute Gasteiger partial charge is 0.243 e. The van der Waals surface area contributed by atoms with Gasteiger partial charge in [-0.1, -0.05) is 34.1 Å². The van der Waals surface area contributed by atoms with Crippen molar-refractivity contribution >= 4 is 0 Å². The van der Waals surface area contributed by atoms with Crippen molar-refractivity contribution in [1.82, 2.24) is 4.57 Å². The number of nitrogens with zero attached hydrogens (tertiary/aromatic N) is 2. The molecule has 0 amide bonds. The second-order valence-corrected chi connectivity index (χ2v) is 5.08. The summed E-state index contributed by atoms with van der Waals surface area (Å²) in [6.45, 7) is 10.1. The average molecular weight is 195 g/mol. The number of hydrogen-bond donors (Lipinski definition) is 0. The summed E-state index contributed by atoms with van der Waals surface area (Å²) in [6.07, 6.45) is 6.98. The van der Waals surface area contributed by atoms with Crippen LogP contribution in [0.1, 0.15) is 46.2 Å². The first-order valence-electron chi connectivity index (χ1n) is 5.51. The third-order valence-electron chi connectivity index (χ3n) is 2.53. The molecule has 0 aliphatic rings. The highest BCUT2D eigenvalue weighted by molar-refractivity contribution is 5.02. The monoisotopic (exact) mass is 195 g/mol. The summed E-state index contributed by atoms with van der Waals surface area (Å²) in [5.74, 6) is 0. The fraction of sp³-hybridized carbons (Fsp3) is 0.750. The van der Waals surface area contributed by atoms with E-state index < -0.39 is 0 Å². The number of hydrogen-bond acceptors (Lipinski definition) is 0. The molecular weight excluding hydrogens is 172 g/mol. The van der Waals surface area contributed by atoms with E-state index in [9.17, 15) is 0 Å². The van der Waals surface area contributed by atoms with Crippen LogP contribution in [0.2, 0.25) is 0 Å². The lowest BCUT2D eigenvalue weighted by Crippen LogP contribution is -2.36. The van der Waals surface area contributed by atoms with Gasteiger partial charge in [0.25, 0.3) is 0 Å². The van der Waals surface area contributed by atoms with Gasteiger partial charge in [-0.05, 0) is 6.42 Å². The highest BCUT2D eigenvalue weighted by Gasteiger charge is 2.23. The molecule has 1 aromatic heterocycles. The third-order valence-corrected chi connectivity index (χ3v) is 2.53. The molecule has 0 unspecified atom stereocenters. The summed E-state index contributed by atoms with van der Waals surface area (Å²) in [7, 11) is 2.13. The van der Waals surface area contributed by atoms with E-state index >= 15 is 0 Å². The second kappa shape index (κ2) is 4.16. The van der Waals surface area contributed by atoms with E-state index in [0.29, 0.717) is 0 Å². The van der Waals surface area contributed by atoms with Gasteiger partial charge in [0.15, 0.2) is 0 Å². The number of aromatic nitrogens is 2. The van der Waals surface area contributed by atoms with Crippen LogP contribution in [-0.4, -0.2) is 4.57 Å². The molecule has 0 aliphatic carbocycles. The van der Waals surface area contributed by atoms with Crippen molar-refractivity contribution in [2.45, 2.75) is 52.5 Å². The fourth-order valence-electron chi connectivity index (χ4n) is 1.75. The van der Waals surface area contributed by atoms with Gasteiger partial charge >= 0.3 is 0 Å². The summed E-state index contributed by atoms with van der Waals surface area (Å²) in [5.41, 5.74) is 1.64. The van der Waals surface area contributed by atoms with Crippen LogP contribution in [0.4, 0.5) is 0 Å². The van der Waals surface area contributed by atoms with E-state index in [0.717, 1.165) is 6.54 Å². The smallest absolute Gasteiger partial charge is 0.237 e. The molecule has 0 aliphatic heterocycles. The van der Waals surface area contributed by atoms with E-state index in [1.54, 1.807) is 0 Å². The molecule has 0 N–H and O–H groups in total. The zero-order valence-corrected chi connectivity index (χ0v) is 10.2. The molecule has 80 valence electrons. The van der Waals surface area contributed by atoms with E-state index in [-0.39, 0.29) is 5.41 Å². The van der Waals surface area contributed by atoms with Crippen molar-refractivity contribution < 1.29 is 4.57 Å². The third kappa shape index (κ3) is 2.60. The lowest BCUT2D eigenvalue weighted by atomic mass is 9.93. The highest BCUT2D eigenvalue weighted by Crippen LogP contribution is 2.18. The predicted octanol–water partition coefficient (Wildman–Crippen LogP) is 2.41. The molecule has 2 heteroatoms. The number of imidazole rings is 1. The SMILES string of the molecule is CCCCn1cc(C(C)(C)C)[n+](C)c1. The van der Waals surface area contributed by atoms with Crippen molar-refractivity contribution in [2.75, 3.05) is 0 Å². The lowest BCUT2D eigenvalue weighted by Gasteiger charge is -2.13. The predicted molar refractivity (Wildman–Crippen MR) is 59.2 cm³/mol. The molecule has 0 bridgehead atoms. The van der Waals surface area contributed by atoms with Crippen LogP contribution in [0.5, 0.6) is 0 Å². The highest BCUT2D eigenvalue weighted by atomic mass is 15.1. The zero-order chi connectivity index (χ0) is 10.8. The molecule has 0 atom stereocenters. The van der Waals surface area contributed by atoms with E-state index in [2.05, 4.69) is 56.4 Å². The van der Waals surface area contributed by atoms with Crippen LogP contribution in [-0.2, 0) is 19.0 Å². The van der Waals surface area contributed by atoms with Gasteiger partial charge in [-0.15, -0.1) is 0 Å². The first-order chi connectivity index (χ1) is 6.45. The topological polar surface area (TPSA) is 8.81 Å². The summed E-state index contributed by atoms with van der Waals surface area (Å²) in [6, 6.07) is 0. The van der Waals surface area contributed by atoms with Crippen LogP contribution in [0.15, 0.2) is 12.5 Å². The van der Waals surface area contributed by atoms with Gasteiger partial charge in [-0.3, -0.25) is 0 Å². The Hall–Kier alpha value is -0.790. The van der Waals surface area contributed by atoms with Gasteiger partial charge in [0.1, 0.15) is 11.9 Å². The number of rotatable bonds is 3. The van der Waals surface area contributed by atoms with Crippen LogP contribution in [0.3, 0.4) is 0 Å². The Morgan fingerprint density at radius 2 is 2.00 bits per heavy atom. The minimum absolute atomic E-state index is 0.242. The number of unbranched alkanes of at least 4 members (excludes halogenated alkanes) is 1. The van der Waals surface area contributed by atoms with Crippen LogP contribution < -0.4 is 4.57 Å². The van der Waals surface area contributed by atoms with Crippen LogP contribution in [0, 0.1) is 0 Å². The Labute approximate surface area is 87.6 Å². The van der Waals surface area contributed by atoms with Crippen LogP contribution >= 0.6 is 0 Å². The second-order valence-electron chi connectivity index (χ2n) is 5.08. The first-order valence-corrected chi connectivity index (χ1v) is 5.51. The first kappa shape index (κ1) is 11.3. The molecule has 2 nitrogen and oxygen atoms in total. The lowest BCUT2D eigenvalue weighted by molar-refractivity contribution is -0.681. The molecule has 0 spiro atoms. The number of aryl methyl sites for hydroxylation is 2. The molecule has 0 saturated heterocycles. The Bertz CT molecular complexity index is 292. The molecule has 0 aromatic carbocycles. The maximum absolute atomic E-state index is 2.30. The molecular formula is C12H23N2+. The molecule has 1 heterocycles. The van der Waals surface area contributed by atoms with Gasteiger partial charge in [-0.25, -0.2) is 9.13 Å². The van der Waals surface area contributed by atoms with Crippen molar-refractivity contribution in [1.29, 1.82) is 0 Å². The van der Waals surface area contributed by atoms with E-state index in [1.165, 1.54) is 18.5 Å². The Morgan fingerprint density at radius 3 is 2.43 bits per heavy atom. The van der Waals surface area contributed by atoms with Gasteiger partial charge in [-0.2, -0.15) is 0 Å². The van der Waals surface area contributed by atoms with Gasteiger partial charge in [0.2, 0.25) is 6.33 Å². The maximum atomic E-state index is 2.30. The quantitative estimate of drug-likeness (QED) is 0.655. The Kier molecular flexibility index (Phi) is 3.35. The molecule has 14 heavy (non-hydrogen) atoms. The minimum atomic E-state index is 0.242. The molecule has 0 radical (unpaired) electrons. The summed E-state index contributed by atoms with van der Waals surface area (Å²) in [4.78, 5) is 0. The Morgan fingerprint density at radius 1 is 1.36 bits per heavy atom.